The Morgan fingerprint density at radius 3 is 2.88 bits per heavy atom. The molecule has 1 N–H and O–H groups in total. The minimum Gasteiger partial charge on any atom is -0.466 e. The highest BCUT2D eigenvalue weighted by atomic mass is 16.5. The Labute approximate surface area is 95.8 Å². The third-order valence-electron chi connectivity index (χ3n) is 2.95. The van der Waals surface area contributed by atoms with E-state index in [4.69, 9.17) is 4.74 Å². The first kappa shape index (κ1) is 11.1. The van der Waals surface area contributed by atoms with E-state index in [0.29, 0.717) is 6.61 Å². The van der Waals surface area contributed by atoms with Crippen LogP contribution >= 0.6 is 0 Å². The van der Waals surface area contributed by atoms with Gasteiger partial charge in [0.25, 0.3) is 0 Å². The topological polar surface area (TPSA) is 38.3 Å². The van der Waals surface area contributed by atoms with E-state index in [0.717, 1.165) is 13.0 Å². The van der Waals surface area contributed by atoms with Crippen LogP contribution in [0.4, 0.5) is 0 Å². The third kappa shape index (κ3) is 2.42. The van der Waals surface area contributed by atoms with Crippen molar-refractivity contribution < 1.29 is 9.53 Å². The van der Waals surface area contributed by atoms with E-state index in [9.17, 15) is 4.79 Å². The van der Waals surface area contributed by atoms with Crippen molar-refractivity contribution in [1.29, 1.82) is 0 Å². The van der Waals surface area contributed by atoms with E-state index in [-0.39, 0.29) is 17.9 Å². The van der Waals surface area contributed by atoms with Crippen LogP contribution < -0.4 is 5.32 Å². The summed E-state index contributed by atoms with van der Waals surface area (Å²) in [5, 5.41) is 3.36. The van der Waals surface area contributed by atoms with Crippen LogP contribution in [0.25, 0.3) is 0 Å². The SMILES string of the molecule is CCOC(=O)[C@H]1CN[C@H](c2ccccc2)C1. The molecular formula is C13H17NO2. The van der Waals surface area contributed by atoms with Crippen molar-refractivity contribution in [1.82, 2.24) is 5.32 Å². The van der Waals surface area contributed by atoms with Gasteiger partial charge in [0, 0.05) is 12.6 Å². The van der Waals surface area contributed by atoms with Crippen molar-refractivity contribution in [3.8, 4) is 0 Å². The Kier molecular flexibility index (Phi) is 3.57. The molecule has 1 aliphatic rings. The zero-order valence-corrected chi connectivity index (χ0v) is 9.48. The molecule has 16 heavy (non-hydrogen) atoms. The Balaban J connectivity index is 1.96. The van der Waals surface area contributed by atoms with Gasteiger partial charge in [-0.25, -0.2) is 0 Å². The molecule has 3 nitrogen and oxygen atoms in total. The Morgan fingerprint density at radius 2 is 2.19 bits per heavy atom. The van der Waals surface area contributed by atoms with Crippen molar-refractivity contribution in [3.63, 3.8) is 0 Å². The van der Waals surface area contributed by atoms with E-state index in [2.05, 4.69) is 17.4 Å². The molecule has 1 saturated heterocycles. The van der Waals surface area contributed by atoms with E-state index in [1.54, 1.807) is 0 Å². The minimum absolute atomic E-state index is 0.00477. The number of rotatable bonds is 3. The molecule has 2 rings (SSSR count). The summed E-state index contributed by atoms with van der Waals surface area (Å²) in [7, 11) is 0. The lowest BCUT2D eigenvalue weighted by atomic mass is 10.0. The predicted octanol–water partition coefficient (Wildman–Crippen LogP) is 1.90. The number of hydrogen-bond acceptors (Lipinski definition) is 3. The first-order valence-corrected chi connectivity index (χ1v) is 5.76. The lowest BCUT2D eigenvalue weighted by molar-refractivity contribution is -0.147. The van der Waals surface area contributed by atoms with Crippen LogP contribution in [0, 0.1) is 5.92 Å². The van der Waals surface area contributed by atoms with Gasteiger partial charge in [-0.2, -0.15) is 0 Å². The molecule has 0 spiro atoms. The zero-order valence-electron chi connectivity index (χ0n) is 9.48. The van der Waals surface area contributed by atoms with Crippen LogP contribution in [-0.2, 0) is 9.53 Å². The summed E-state index contributed by atoms with van der Waals surface area (Å²) in [6, 6.07) is 10.5. The molecule has 1 heterocycles. The summed E-state index contributed by atoms with van der Waals surface area (Å²) in [6.45, 7) is 3.03. The van der Waals surface area contributed by atoms with E-state index in [1.165, 1.54) is 5.56 Å². The molecule has 0 saturated carbocycles. The predicted molar refractivity (Wildman–Crippen MR) is 61.9 cm³/mol. The fraction of sp³-hybridized carbons (Fsp3) is 0.462. The fourth-order valence-electron chi connectivity index (χ4n) is 2.11. The highest BCUT2D eigenvalue weighted by Crippen LogP contribution is 2.27. The summed E-state index contributed by atoms with van der Waals surface area (Å²) in [5.41, 5.74) is 1.24. The van der Waals surface area contributed by atoms with Crippen molar-refractivity contribution in [3.05, 3.63) is 35.9 Å². The van der Waals surface area contributed by atoms with Gasteiger partial charge in [0.05, 0.1) is 12.5 Å². The van der Waals surface area contributed by atoms with E-state index >= 15 is 0 Å². The van der Waals surface area contributed by atoms with Crippen LogP contribution in [0.3, 0.4) is 0 Å². The van der Waals surface area contributed by atoms with Gasteiger partial charge in [0.1, 0.15) is 0 Å². The lowest BCUT2D eigenvalue weighted by Crippen LogP contribution is -2.20. The van der Waals surface area contributed by atoms with Gasteiger partial charge in [-0.05, 0) is 18.9 Å². The smallest absolute Gasteiger partial charge is 0.310 e. The summed E-state index contributed by atoms with van der Waals surface area (Å²) in [5.74, 6) is -0.0708. The second-order valence-electron chi connectivity index (χ2n) is 4.06. The van der Waals surface area contributed by atoms with Crippen LogP contribution in [0.5, 0.6) is 0 Å². The molecule has 1 aliphatic heterocycles. The first-order chi connectivity index (χ1) is 7.81. The van der Waals surface area contributed by atoms with Gasteiger partial charge >= 0.3 is 5.97 Å². The lowest BCUT2D eigenvalue weighted by Gasteiger charge is -2.10. The standard InChI is InChI=1S/C13H17NO2/c1-2-16-13(15)11-8-12(14-9-11)10-6-4-3-5-7-10/h3-7,11-12,14H,2,8-9H2,1H3/t11-,12+/m1/s1. The Hall–Kier alpha value is -1.35. The molecule has 0 unspecified atom stereocenters. The number of esters is 1. The number of nitrogens with one attached hydrogen (secondary N) is 1. The van der Waals surface area contributed by atoms with E-state index in [1.807, 2.05) is 25.1 Å². The van der Waals surface area contributed by atoms with Gasteiger partial charge in [0.15, 0.2) is 0 Å². The van der Waals surface area contributed by atoms with Gasteiger partial charge in [-0.15, -0.1) is 0 Å². The summed E-state index contributed by atoms with van der Waals surface area (Å²) in [6.07, 6.45) is 0.836. The molecule has 86 valence electrons. The molecule has 0 amide bonds. The number of benzene rings is 1. The second-order valence-corrected chi connectivity index (χ2v) is 4.06. The fourth-order valence-corrected chi connectivity index (χ4v) is 2.11. The van der Waals surface area contributed by atoms with Crippen molar-refractivity contribution >= 4 is 5.97 Å². The summed E-state index contributed by atoms with van der Waals surface area (Å²) < 4.78 is 5.03. The summed E-state index contributed by atoms with van der Waals surface area (Å²) >= 11 is 0. The van der Waals surface area contributed by atoms with Crippen molar-refractivity contribution in [2.45, 2.75) is 19.4 Å². The molecule has 0 aromatic heterocycles. The number of ether oxygens (including phenoxy) is 1. The molecule has 0 radical (unpaired) electrons. The van der Waals surface area contributed by atoms with Crippen LogP contribution in [0.15, 0.2) is 30.3 Å². The first-order valence-electron chi connectivity index (χ1n) is 5.76. The molecular weight excluding hydrogens is 202 g/mol. The number of carbonyl (C=O) groups is 1. The maximum Gasteiger partial charge on any atom is 0.310 e. The molecule has 0 bridgehead atoms. The third-order valence-corrected chi connectivity index (χ3v) is 2.95. The second kappa shape index (κ2) is 5.12. The van der Waals surface area contributed by atoms with Gasteiger partial charge in [-0.3, -0.25) is 4.79 Å². The van der Waals surface area contributed by atoms with Gasteiger partial charge in [-0.1, -0.05) is 30.3 Å². The summed E-state index contributed by atoms with van der Waals surface area (Å²) in [4.78, 5) is 11.6. The number of carbonyl (C=O) groups excluding carboxylic acids is 1. The molecule has 3 heteroatoms. The molecule has 1 fully saturated rings. The van der Waals surface area contributed by atoms with Crippen molar-refractivity contribution in [2.24, 2.45) is 5.92 Å². The molecule has 1 aromatic rings. The van der Waals surface area contributed by atoms with Gasteiger partial charge in [0.2, 0.25) is 0 Å². The monoisotopic (exact) mass is 219 g/mol. The maximum absolute atomic E-state index is 11.6. The highest BCUT2D eigenvalue weighted by molar-refractivity contribution is 5.73. The van der Waals surface area contributed by atoms with Crippen molar-refractivity contribution in [2.75, 3.05) is 13.2 Å². The normalized spacial score (nSPS) is 24.3. The van der Waals surface area contributed by atoms with E-state index < -0.39 is 0 Å². The molecule has 2 atom stereocenters. The maximum atomic E-state index is 11.6. The van der Waals surface area contributed by atoms with Crippen LogP contribution in [-0.4, -0.2) is 19.1 Å². The highest BCUT2D eigenvalue weighted by Gasteiger charge is 2.30. The minimum atomic E-state index is -0.0755. The quantitative estimate of drug-likeness (QED) is 0.789. The van der Waals surface area contributed by atoms with Crippen LogP contribution in [0.1, 0.15) is 24.9 Å². The largest absolute Gasteiger partial charge is 0.466 e. The average molecular weight is 219 g/mol. The Bertz CT molecular complexity index is 350. The Morgan fingerprint density at radius 1 is 1.44 bits per heavy atom. The average Bonchev–Trinajstić information content (AvgIpc) is 2.80. The zero-order chi connectivity index (χ0) is 11.4. The number of hydrogen-bond donors (Lipinski definition) is 1. The van der Waals surface area contributed by atoms with Crippen LogP contribution in [0.2, 0.25) is 0 Å². The molecule has 0 aliphatic carbocycles. The molecule has 1 aromatic carbocycles. The van der Waals surface area contributed by atoms with Gasteiger partial charge < -0.3 is 10.1 Å².